The number of likely N-dealkylation sites (N-methyl/N-ethyl adjacent to an activating group) is 1. The Bertz CT molecular complexity index is 894. The number of carbonyl (C=O) groups is 3. The van der Waals surface area contributed by atoms with E-state index in [1.165, 1.54) is 12.0 Å². The van der Waals surface area contributed by atoms with Crippen LogP contribution in [0.5, 0.6) is 0 Å². The van der Waals surface area contributed by atoms with Crippen molar-refractivity contribution in [2.45, 2.75) is 33.7 Å². The van der Waals surface area contributed by atoms with E-state index >= 15 is 0 Å². The molecule has 1 aromatic heterocycles. The molecule has 0 fully saturated rings. The van der Waals surface area contributed by atoms with E-state index in [4.69, 9.17) is 4.74 Å². The Labute approximate surface area is 159 Å². The van der Waals surface area contributed by atoms with Gasteiger partial charge in [-0.1, -0.05) is 17.7 Å². The zero-order valence-corrected chi connectivity index (χ0v) is 16.9. The summed E-state index contributed by atoms with van der Waals surface area (Å²) < 4.78 is 6.48. The molecule has 0 aliphatic rings. The van der Waals surface area contributed by atoms with E-state index in [-0.39, 0.29) is 11.7 Å². The van der Waals surface area contributed by atoms with Crippen LogP contribution in [0.1, 0.15) is 54.9 Å². The predicted octanol–water partition coefficient (Wildman–Crippen LogP) is 3.08. The highest BCUT2D eigenvalue weighted by Crippen LogP contribution is 2.24. The van der Waals surface area contributed by atoms with Crippen LogP contribution in [-0.4, -0.2) is 47.3 Å². The van der Waals surface area contributed by atoms with Gasteiger partial charge in [0.25, 0.3) is 5.91 Å². The number of esters is 1. The lowest BCUT2D eigenvalue weighted by molar-refractivity contribution is 0.0588. The SMILES string of the molecule is COC(=O)c1c(C)c(C(=O)C(C)N(C)C(=O)c2ccc(C)cc2)c(C)n1C. The summed E-state index contributed by atoms with van der Waals surface area (Å²) in [7, 11) is 4.64. The number of hydrogen-bond acceptors (Lipinski definition) is 4. The van der Waals surface area contributed by atoms with Gasteiger partial charge < -0.3 is 14.2 Å². The van der Waals surface area contributed by atoms with Crippen LogP contribution in [-0.2, 0) is 11.8 Å². The molecule has 0 N–H and O–H groups in total. The summed E-state index contributed by atoms with van der Waals surface area (Å²) in [6, 6.07) is 6.55. The van der Waals surface area contributed by atoms with Crippen molar-refractivity contribution in [1.82, 2.24) is 9.47 Å². The number of amides is 1. The summed E-state index contributed by atoms with van der Waals surface area (Å²) in [6.45, 7) is 7.14. The number of benzene rings is 1. The first-order chi connectivity index (χ1) is 12.6. The lowest BCUT2D eigenvalue weighted by atomic mass is 9.99. The lowest BCUT2D eigenvalue weighted by Gasteiger charge is -2.24. The molecule has 2 rings (SSSR count). The van der Waals surface area contributed by atoms with Crippen LogP contribution in [0.15, 0.2) is 24.3 Å². The van der Waals surface area contributed by atoms with Crippen LogP contribution in [0.3, 0.4) is 0 Å². The molecule has 0 saturated heterocycles. The van der Waals surface area contributed by atoms with E-state index in [1.807, 2.05) is 19.1 Å². The number of ether oxygens (including phenoxy) is 1. The Morgan fingerprint density at radius 2 is 1.63 bits per heavy atom. The number of Topliss-reactive ketones (excluding diaryl/α,β-unsaturated/α-hetero) is 1. The Hall–Kier alpha value is -2.89. The molecule has 1 amide bonds. The molecule has 144 valence electrons. The molecule has 27 heavy (non-hydrogen) atoms. The first kappa shape index (κ1) is 20.4. The number of ketones is 1. The Balaban J connectivity index is 2.36. The number of rotatable bonds is 5. The number of aromatic nitrogens is 1. The first-order valence-corrected chi connectivity index (χ1v) is 8.74. The standard InChI is InChI=1S/C21H26N2O4/c1-12-8-10-16(11-9-12)20(25)23(6)15(4)19(24)17-13(2)18(21(26)27-7)22(5)14(17)3/h8-11,15H,1-7H3. The number of methoxy groups -OCH3 is 1. The maximum Gasteiger partial charge on any atom is 0.354 e. The fourth-order valence-electron chi connectivity index (χ4n) is 3.19. The highest BCUT2D eigenvalue weighted by molar-refractivity contribution is 6.07. The smallest absolute Gasteiger partial charge is 0.354 e. The number of carbonyl (C=O) groups excluding carboxylic acids is 3. The van der Waals surface area contributed by atoms with Crippen molar-refractivity contribution in [2.75, 3.05) is 14.2 Å². The summed E-state index contributed by atoms with van der Waals surface area (Å²) in [5.74, 6) is -0.928. The summed E-state index contributed by atoms with van der Waals surface area (Å²) in [5.41, 5.74) is 3.62. The van der Waals surface area contributed by atoms with E-state index < -0.39 is 12.0 Å². The molecule has 6 nitrogen and oxygen atoms in total. The van der Waals surface area contributed by atoms with E-state index in [9.17, 15) is 14.4 Å². The van der Waals surface area contributed by atoms with Crippen LogP contribution in [0.25, 0.3) is 0 Å². The molecule has 0 spiro atoms. The van der Waals surface area contributed by atoms with Gasteiger partial charge in [0.15, 0.2) is 5.78 Å². The van der Waals surface area contributed by atoms with Gasteiger partial charge in [-0.15, -0.1) is 0 Å². The molecule has 0 aliphatic heterocycles. The maximum absolute atomic E-state index is 13.1. The van der Waals surface area contributed by atoms with Crippen LogP contribution >= 0.6 is 0 Å². The third-order valence-corrected chi connectivity index (χ3v) is 5.13. The van der Waals surface area contributed by atoms with Crippen LogP contribution in [0, 0.1) is 20.8 Å². The fraction of sp³-hybridized carbons (Fsp3) is 0.381. The van der Waals surface area contributed by atoms with E-state index in [0.29, 0.717) is 28.1 Å². The average molecular weight is 370 g/mol. The van der Waals surface area contributed by atoms with Gasteiger partial charge in [-0.25, -0.2) is 4.79 Å². The van der Waals surface area contributed by atoms with Gasteiger partial charge in [-0.05, 0) is 45.4 Å². The van der Waals surface area contributed by atoms with Crippen molar-refractivity contribution in [2.24, 2.45) is 7.05 Å². The highest BCUT2D eigenvalue weighted by atomic mass is 16.5. The van der Waals surface area contributed by atoms with Crippen molar-refractivity contribution in [3.05, 3.63) is 57.9 Å². The van der Waals surface area contributed by atoms with E-state index in [1.54, 1.807) is 51.6 Å². The van der Waals surface area contributed by atoms with Gasteiger partial charge in [-0.2, -0.15) is 0 Å². The molecular formula is C21H26N2O4. The van der Waals surface area contributed by atoms with Crippen molar-refractivity contribution >= 4 is 17.7 Å². The maximum atomic E-state index is 13.1. The minimum atomic E-state index is -0.677. The molecule has 0 saturated carbocycles. The molecule has 0 radical (unpaired) electrons. The monoisotopic (exact) mass is 370 g/mol. The number of aryl methyl sites for hydroxylation is 1. The predicted molar refractivity (Wildman–Crippen MR) is 103 cm³/mol. The molecule has 2 aromatic rings. The summed E-state index contributed by atoms with van der Waals surface area (Å²) in [4.78, 5) is 39.3. The third kappa shape index (κ3) is 3.65. The highest BCUT2D eigenvalue weighted by Gasteiger charge is 2.31. The Morgan fingerprint density at radius 1 is 1.07 bits per heavy atom. The van der Waals surface area contributed by atoms with Gasteiger partial charge in [-0.3, -0.25) is 9.59 Å². The number of nitrogens with zero attached hydrogens (tertiary/aromatic N) is 2. The largest absolute Gasteiger partial charge is 0.464 e. The molecule has 6 heteroatoms. The average Bonchev–Trinajstić information content (AvgIpc) is 2.88. The second kappa shape index (κ2) is 7.78. The summed E-state index contributed by atoms with van der Waals surface area (Å²) in [6.07, 6.45) is 0. The minimum Gasteiger partial charge on any atom is -0.464 e. The van der Waals surface area contributed by atoms with Gasteiger partial charge >= 0.3 is 5.97 Å². The fourth-order valence-corrected chi connectivity index (χ4v) is 3.19. The minimum absolute atomic E-state index is 0.210. The van der Waals surface area contributed by atoms with Crippen molar-refractivity contribution in [3.8, 4) is 0 Å². The van der Waals surface area contributed by atoms with Gasteiger partial charge in [0, 0.05) is 30.9 Å². The summed E-state index contributed by atoms with van der Waals surface area (Å²) >= 11 is 0. The quantitative estimate of drug-likeness (QED) is 0.599. The molecule has 1 unspecified atom stereocenters. The zero-order chi connectivity index (χ0) is 20.5. The Morgan fingerprint density at radius 3 is 2.15 bits per heavy atom. The van der Waals surface area contributed by atoms with E-state index in [2.05, 4.69) is 0 Å². The molecule has 0 aliphatic carbocycles. The van der Waals surface area contributed by atoms with Crippen LogP contribution < -0.4 is 0 Å². The lowest BCUT2D eigenvalue weighted by Crippen LogP contribution is -2.40. The first-order valence-electron chi connectivity index (χ1n) is 8.74. The van der Waals surface area contributed by atoms with Gasteiger partial charge in [0.05, 0.1) is 13.2 Å². The molecule has 1 heterocycles. The van der Waals surface area contributed by atoms with Crippen LogP contribution in [0.4, 0.5) is 0 Å². The Kier molecular flexibility index (Phi) is 5.88. The second-order valence-electron chi connectivity index (χ2n) is 6.81. The molecular weight excluding hydrogens is 344 g/mol. The normalized spacial score (nSPS) is 11.8. The summed E-state index contributed by atoms with van der Waals surface area (Å²) in [5, 5.41) is 0. The number of hydrogen-bond donors (Lipinski definition) is 0. The molecule has 1 aromatic carbocycles. The molecule has 0 bridgehead atoms. The van der Waals surface area contributed by atoms with Crippen LogP contribution in [0.2, 0.25) is 0 Å². The van der Waals surface area contributed by atoms with Crippen molar-refractivity contribution in [3.63, 3.8) is 0 Å². The van der Waals surface area contributed by atoms with Gasteiger partial charge in [0.2, 0.25) is 0 Å². The van der Waals surface area contributed by atoms with E-state index in [0.717, 1.165) is 5.56 Å². The third-order valence-electron chi connectivity index (χ3n) is 5.13. The zero-order valence-electron chi connectivity index (χ0n) is 16.9. The topological polar surface area (TPSA) is 68.6 Å². The van der Waals surface area contributed by atoms with Crippen molar-refractivity contribution in [1.29, 1.82) is 0 Å². The second-order valence-corrected chi connectivity index (χ2v) is 6.81. The van der Waals surface area contributed by atoms with Crippen molar-refractivity contribution < 1.29 is 19.1 Å². The van der Waals surface area contributed by atoms with Gasteiger partial charge in [0.1, 0.15) is 5.69 Å². The molecule has 1 atom stereocenters.